The molecule has 3 N–H and O–H groups in total. The standard InChI is InChI=1S/C14H17NO5/c16-10-4-12(20-13(18)5-10)14(19)15-6-9-2-8-1-7(9)3-11(8)17/h4-5,7-9,11,16-17H,1-3,6H2,(H,15,19)/t7-,8-,9+,11-/m1/s1. The summed E-state index contributed by atoms with van der Waals surface area (Å²) in [6, 6.07) is 2.04. The van der Waals surface area contributed by atoms with Crippen LogP contribution in [0.3, 0.4) is 0 Å². The van der Waals surface area contributed by atoms with Crippen molar-refractivity contribution in [2.75, 3.05) is 6.54 Å². The molecule has 0 saturated heterocycles. The summed E-state index contributed by atoms with van der Waals surface area (Å²) in [4.78, 5) is 23.0. The first kappa shape index (κ1) is 13.2. The number of aliphatic hydroxyl groups excluding tert-OH is 1. The lowest BCUT2D eigenvalue weighted by molar-refractivity contribution is 0.0852. The van der Waals surface area contributed by atoms with Gasteiger partial charge in [0.2, 0.25) is 0 Å². The number of carbonyl (C=O) groups is 1. The van der Waals surface area contributed by atoms with E-state index in [1.807, 2.05) is 0 Å². The molecule has 6 nitrogen and oxygen atoms in total. The molecule has 1 amide bonds. The first-order chi connectivity index (χ1) is 9.52. The lowest BCUT2D eigenvalue weighted by atomic mass is 9.87. The molecule has 0 aliphatic heterocycles. The Hall–Kier alpha value is -1.82. The van der Waals surface area contributed by atoms with Crippen LogP contribution in [0.1, 0.15) is 29.8 Å². The predicted molar refractivity (Wildman–Crippen MR) is 69.3 cm³/mol. The summed E-state index contributed by atoms with van der Waals surface area (Å²) < 4.78 is 4.75. The minimum Gasteiger partial charge on any atom is -0.508 e. The minimum atomic E-state index is -0.752. The zero-order chi connectivity index (χ0) is 14.3. The van der Waals surface area contributed by atoms with Crippen LogP contribution in [0, 0.1) is 17.8 Å². The molecule has 0 radical (unpaired) electrons. The second-order valence-corrected chi connectivity index (χ2v) is 5.76. The van der Waals surface area contributed by atoms with Crippen LogP contribution < -0.4 is 10.9 Å². The summed E-state index contributed by atoms with van der Waals surface area (Å²) in [5, 5.41) is 21.7. The molecule has 1 aromatic rings. The molecule has 0 spiro atoms. The fourth-order valence-electron chi connectivity index (χ4n) is 3.50. The van der Waals surface area contributed by atoms with E-state index in [1.165, 1.54) is 0 Å². The highest BCUT2D eigenvalue weighted by Crippen LogP contribution is 2.48. The molecule has 2 aliphatic carbocycles. The molecule has 20 heavy (non-hydrogen) atoms. The molecule has 108 valence electrons. The lowest BCUT2D eigenvalue weighted by Crippen LogP contribution is -2.33. The van der Waals surface area contributed by atoms with E-state index in [9.17, 15) is 19.8 Å². The molecule has 1 aromatic heterocycles. The summed E-state index contributed by atoms with van der Waals surface area (Å²) in [6.07, 6.45) is 2.59. The Labute approximate surface area is 115 Å². The van der Waals surface area contributed by atoms with Gasteiger partial charge in [0.05, 0.1) is 12.2 Å². The van der Waals surface area contributed by atoms with Crippen LogP contribution in [0.2, 0.25) is 0 Å². The second kappa shape index (κ2) is 4.94. The van der Waals surface area contributed by atoms with Crippen molar-refractivity contribution in [3.05, 3.63) is 28.3 Å². The molecule has 0 unspecified atom stereocenters. The van der Waals surface area contributed by atoms with Gasteiger partial charge in [-0.15, -0.1) is 0 Å². The van der Waals surface area contributed by atoms with Gasteiger partial charge in [0.15, 0.2) is 5.76 Å². The average molecular weight is 279 g/mol. The van der Waals surface area contributed by atoms with Crippen molar-refractivity contribution in [3.63, 3.8) is 0 Å². The molecule has 1 heterocycles. The van der Waals surface area contributed by atoms with Crippen LogP contribution in [0.4, 0.5) is 0 Å². The van der Waals surface area contributed by atoms with E-state index < -0.39 is 11.5 Å². The third-order valence-corrected chi connectivity index (χ3v) is 4.47. The molecule has 2 bridgehead atoms. The Kier molecular flexibility index (Phi) is 3.25. The number of fused-ring (bicyclic) bond motifs is 2. The first-order valence-electron chi connectivity index (χ1n) is 6.83. The molecule has 6 heteroatoms. The van der Waals surface area contributed by atoms with Gasteiger partial charge in [-0.05, 0) is 37.0 Å². The molecular formula is C14H17NO5. The van der Waals surface area contributed by atoms with Crippen molar-refractivity contribution in [1.29, 1.82) is 0 Å². The van der Waals surface area contributed by atoms with Crippen molar-refractivity contribution in [1.82, 2.24) is 5.32 Å². The van der Waals surface area contributed by atoms with Crippen LogP contribution in [-0.4, -0.2) is 28.8 Å². The monoisotopic (exact) mass is 279 g/mol. The van der Waals surface area contributed by atoms with Gasteiger partial charge in [0, 0.05) is 12.6 Å². The molecule has 4 atom stereocenters. The van der Waals surface area contributed by atoms with Gasteiger partial charge >= 0.3 is 5.63 Å². The largest absolute Gasteiger partial charge is 0.508 e. The second-order valence-electron chi connectivity index (χ2n) is 5.76. The molecule has 2 fully saturated rings. The summed E-state index contributed by atoms with van der Waals surface area (Å²) in [7, 11) is 0. The number of aromatic hydroxyl groups is 1. The average Bonchev–Trinajstić information content (AvgIpc) is 2.93. The van der Waals surface area contributed by atoms with Gasteiger partial charge in [-0.25, -0.2) is 4.79 Å². The third-order valence-electron chi connectivity index (χ3n) is 4.47. The number of rotatable bonds is 3. The van der Waals surface area contributed by atoms with E-state index in [1.54, 1.807) is 0 Å². The van der Waals surface area contributed by atoms with Crippen molar-refractivity contribution in [2.45, 2.75) is 25.4 Å². The number of hydrogen-bond donors (Lipinski definition) is 3. The fourth-order valence-corrected chi connectivity index (χ4v) is 3.50. The van der Waals surface area contributed by atoms with Gasteiger partial charge in [-0.3, -0.25) is 4.79 Å². The predicted octanol–water partition coefficient (Wildman–Crippen LogP) is 0.482. The zero-order valence-corrected chi connectivity index (χ0v) is 10.9. The Morgan fingerprint density at radius 1 is 1.30 bits per heavy atom. The van der Waals surface area contributed by atoms with E-state index in [0.717, 1.165) is 31.4 Å². The van der Waals surface area contributed by atoms with Gasteiger partial charge in [-0.1, -0.05) is 0 Å². The number of hydrogen-bond acceptors (Lipinski definition) is 5. The maximum absolute atomic E-state index is 11.9. The SMILES string of the molecule is O=C(NC[C@@H]1C[C@H]2C[C@@H]1C[C@H]2O)c1cc(O)cc(=O)o1. The van der Waals surface area contributed by atoms with E-state index >= 15 is 0 Å². The number of aliphatic hydroxyl groups is 1. The van der Waals surface area contributed by atoms with E-state index in [0.29, 0.717) is 24.3 Å². The number of nitrogens with one attached hydrogen (secondary N) is 1. The van der Waals surface area contributed by atoms with Crippen LogP contribution in [-0.2, 0) is 0 Å². The normalized spacial score (nSPS) is 31.4. The Bertz CT molecular complexity index is 579. The van der Waals surface area contributed by atoms with E-state index in [2.05, 4.69) is 5.32 Å². The van der Waals surface area contributed by atoms with Crippen LogP contribution in [0.5, 0.6) is 5.75 Å². The minimum absolute atomic E-state index is 0.182. The molecular weight excluding hydrogens is 262 g/mol. The number of amides is 1. The highest BCUT2D eigenvalue weighted by atomic mass is 16.4. The highest BCUT2D eigenvalue weighted by Gasteiger charge is 2.44. The fraction of sp³-hybridized carbons (Fsp3) is 0.571. The van der Waals surface area contributed by atoms with Gasteiger partial charge in [-0.2, -0.15) is 0 Å². The third kappa shape index (κ3) is 2.43. The van der Waals surface area contributed by atoms with Gasteiger partial charge in [0.25, 0.3) is 5.91 Å². The quantitative estimate of drug-likeness (QED) is 0.747. The molecule has 2 saturated carbocycles. The smallest absolute Gasteiger partial charge is 0.340 e. The van der Waals surface area contributed by atoms with E-state index in [4.69, 9.17) is 4.42 Å². The zero-order valence-electron chi connectivity index (χ0n) is 10.9. The topological polar surface area (TPSA) is 99.8 Å². The molecule has 0 aromatic carbocycles. The van der Waals surface area contributed by atoms with Gasteiger partial charge < -0.3 is 19.9 Å². The van der Waals surface area contributed by atoms with Crippen molar-refractivity contribution in [2.24, 2.45) is 17.8 Å². The lowest BCUT2D eigenvalue weighted by Gasteiger charge is -2.24. The molecule has 2 aliphatic rings. The van der Waals surface area contributed by atoms with Gasteiger partial charge in [0.1, 0.15) is 5.75 Å². The Morgan fingerprint density at radius 2 is 2.10 bits per heavy atom. The molecule has 3 rings (SSSR count). The maximum Gasteiger partial charge on any atom is 0.340 e. The summed E-state index contributed by atoms with van der Waals surface area (Å²) in [5.41, 5.74) is -0.752. The van der Waals surface area contributed by atoms with Crippen LogP contribution in [0.25, 0.3) is 0 Å². The highest BCUT2D eigenvalue weighted by molar-refractivity contribution is 5.91. The van der Waals surface area contributed by atoms with Crippen molar-refractivity contribution >= 4 is 5.91 Å². The van der Waals surface area contributed by atoms with Crippen molar-refractivity contribution < 1.29 is 19.4 Å². The maximum atomic E-state index is 11.9. The van der Waals surface area contributed by atoms with Crippen LogP contribution >= 0.6 is 0 Å². The van der Waals surface area contributed by atoms with E-state index in [-0.39, 0.29) is 17.6 Å². The summed E-state index contributed by atoms with van der Waals surface area (Å²) in [5.74, 6) is 0.234. The Balaban J connectivity index is 1.59. The number of carbonyl (C=O) groups excluding carboxylic acids is 1. The first-order valence-corrected chi connectivity index (χ1v) is 6.83. The Morgan fingerprint density at radius 3 is 2.70 bits per heavy atom. The summed E-state index contributed by atoms with van der Waals surface area (Å²) >= 11 is 0. The summed E-state index contributed by atoms with van der Waals surface area (Å²) in [6.45, 7) is 0.506. The van der Waals surface area contributed by atoms with Crippen molar-refractivity contribution in [3.8, 4) is 5.75 Å². The van der Waals surface area contributed by atoms with Crippen LogP contribution in [0.15, 0.2) is 21.3 Å².